The van der Waals surface area contributed by atoms with Gasteiger partial charge in [0, 0.05) is 11.9 Å². The number of anilines is 1. The minimum absolute atomic E-state index is 0.335. The monoisotopic (exact) mass is 415 g/mol. The number of sulfonamides is 1. The van der Waals surface area contributed by atoms with E-state index in [1.165, 1.54) is 16.9 Å². The van der Waals surface area contributed by atoms with Crippen LogP contribution in [-0.4, -0.2) is 30.4 Å². The molecule has 0 spiro atoms. The Kier molecular flexibility index (Phi) is 4.43. The summed E-state index contributed by atoms with van der Waals surface area (Å²) in [7, 11) is -2.09. The molecule has 0 radical (unpaired) electrons. The summed E-state index contributed by atoms with van der Waals surface area (Å²) in [6.07, 6.45) is 2.82. The number of aromatic nitrogens is 2. The minimum atomic E-state index is -3.82. The number of hydrogen-bond acceptors (Lipinski definition) is 5. The maximum atomic E-state index is 13.4. The summed E-state index contributed by atoms with van der Waals surface area (Å²) in [5, 5.41) is 4.28. The SMILES string of the molecule is Cc1nn(C)c(C)c1N(C(=O)c1cc2c(s1)-c1ccccc1CC2)S(C)(=O)=O. The second kappa shape index (κ2) is 6.56. The molecule has 2 aromatic heterocycles. The van der Waals surface area contributed by atoms with Crippen molar-refractivity contribution in [1.29, 1.82) is 0 Å². The fourth-order valence-electron chi connectivity index (χ4n) is 3.75. The first-order chi connectivity index (χ1) is 13.2. The van der Waals surface area contributed by atoms with Gasteiger partial charge >= 0.3 is 0 Å². The summed E-state index contributed by atoms with van der Waals surface area (Å²) in [5.74, 6) is -0.529. The van der Waals surface area contributed by atoms with Gasteiger partial charge in [-0.2, -0.15) is 9.40 Å². The van der Waals surface area contributed by atoms with Gasteiger partial charge in [0.25, 0.3) is 5.91 Å². The lowest BCUT2D eigenvalue weighted by atomic mass is 9.91. The fraction of sp³-hybridized carbons (Fsp3) is 0.300. The van der Waals surface area contributed by atoms with Crippen LogP contribution >= 0.6 is 11.3 Å². The zero-order chi connectivity index (χ0) is 20.2. The van der Waals surface area contributed by atoms with Crippen LogP contribution in [0.4, 0.5) is 5.69 Å². The molecule has 0 atom stereocenters. The number of aryl methyl sites for hydroxylation is 4. The van der Waals surface area contributed by atoms with Gasteiger partial charge < -0.3 is 0 Å². The van der Waals surface area contributed by atoms with Crippen molar-refractivity contribution in [2.24, 2.45) is 7.05 Å². The van der Waals surface area contributed by atoms with Crippen molar-refractivity contribution in [3.05, 3.63) is 57.7 Å². The van der Waals surface area contributed by atoms with Crippen LogP contribution in [0.2, 0.25) is 0 Å². The quantitative estimate of drug-likeness (QED) is 0.657. The Morgan fingerprint density at radius 2 is 1.86 bits per heavy atom. The van der Waals surface area contributed by atoms with E-state index in [4.69, 9.17) is 0 Å². The maximum absolute atomic E-state index is 13.4. The molecule has 0 fully saturated rings. The molecule has 0 aliphatic heterocycles. The van der Waals surface area contributed by atoms with E-state index < -0.39 is 15.9 Å². The number of carbonyl (C=O) groups excluding carboxylic acids is 1. The molecule has 0 saturated carbocycles. The Morgan fingerprint density at radius 1 is 1.18 bits per heavy atom. The lowest BCUT2D eigenvalue weighted by Gasteiger charge is -2.20. The number of benzene rings is 1. The summed E-state index contributed by atoms with van der Waals surface area (Å²) >= 11 is 1.36. The summed E-state index contributed by atoms with van der Waals surface area (Å²) in [4.78, 5) is 14.8. The molecule has 1 aliphatic rings. The van der Waals surface area contributed by atoms with Crippen molar-refractivity contribution in [2.45, 2.75) is 26.7 Å². The van der Waals surface area contributed by atoms with Crippen LogP contribution in [-0.2, 0) is 29.9 Å². The van der Waals surface area contributed by atoms with Crippen molar-refractivity contribution < 1.29 is 13.2 Å². The number of fused-ring (bicyclic) bond motifs is 3. The number of carbonyl (C=O) groups is 1. The third kappa shape index (κ3) is 2.97. The van der Waals surface area contributed by atoms with E-state index in [1.807, 2.05) is 18.2 Å². The third-order valence-corrected chi connectivity index (χ3v) is 7.35. The van der Waals surface area contributed by atoms with Crippen molar-refractivity contribution in [3.63, 3.8) is 0 Å². The van der Waals surface area contributed by atoms with E-state index in [2.05, 4.69) is 17.2 Å². The molecule has 4 rings (SSSR count). The van der Waals surface area contributed by atoms with Crippen molar-refractivity contribution in [3.8, 4) is 10.4 Å². The van der Waals surface area contributed by atoms with Gasteiger partial charge in [0.05, 0.1) is 22.5 Å². The van der Waals surface area contributed by atoms with Crippen LogP contribution in [0.1, 0.15) is 32.2 Å². The second-order valence-corrected chi connectivity index (χ2v) is 9.98. The van der Waals surface area contributed by atoms with Crippen molar-refractivity contribution >= 4 is 33.0 Å². The van der Waals surface area contributed by atoms with Crippen molar-refractivity contribution in [1.82, 2.24) is 9.78 Å². The molecule has 1 amide bonds. The number of nitrogens with zero attached hydrogens (tertiary/aromatic N) is 3. The molecule has 2 heterocycles. The fourth-order valence-corrected chi connectivity index (χ4v) is 6.01. The minimum Gasteiger partial charge on any atom is -0.270 e. The Hall–Kier alpha value is -2.45. The summed E-state index contributed by atoms with van der Waals surface area (Å²) < 4.78 is 27.6. The topological polar surface area (TPSA) is 72.3 Å². The van der Waals surface area contributed by atoms with Gasteiger partial charge in [0.2, 0.25) is 10.0 Å². The molecule has 0 unspecified atom stereocenters. The molecule has 0 saturated heterocycles. The zero-order valence-electron chi connectivity index (χ0n) is 16.2. The van der Waals surface area contributed by atoms with E-state index in [9.17, 15) is 13.2 Å². The zero-order valence-corrected chi connectivity index (χ0v) is 17.8. The Labute approximate surface area is 168 Å². The Bertz CT molecular complexity index is 1210. The third-order valence-electron chi connectivity index (χ3n) is 5.14. The van der Waals surface area contributed by atoms with Gasteiger partial charge in [0.15, 0.2) is 0 Å². The predicted molar refractivity (Wildman–Crippen MR) is 111 cm³/mol. The number of hydrogen-bond donors (Lipinski definition) is 0. The smallest absolute Gasteiger partial charge is 0.270 e. The number of thiophene rings is 1. The van der Waals surface area contributed by atoms with Crippen molar-refractivity contribution in [2.75, 3.05) is 10.6 Å². The molecule has 0 N–H and O–H groups in total. The molecule has 146 valence electrons. The first-order valence-electron chi connectivity index (χ1n) is 8.94. The second-order valence-electron chi connectivity index (χ2n) is 7.10. The lowest BCUT2D eigenvalue weighted by Crippen LogP contribution is -2.36. The largest absolute Gasteiger partial charge is 0.282 e. The van der Waals surface area contributed by atoms with Crippen LogP contribution in [0.15, 0.2) is 30.3 Å². The molecule has 0 bridgehead atoms. The molecule has 3 aromatic rings. The van der Waals surface area contributed by atoms with Crippen LogP contribution in [0, 0.1) is 13.8 Å². The van der Waals surface area contributed by atoms with E-state index in [-0.39, 0.29) is 0 Å². The highest BCUT2D eigenvalue weighted by atomic mass is 32.2. The summed E-state index contributed by atoms with van der Waals surface area (Å²) in [5.41, 5.74) is 4.96. The van der Waals surface area contributed by atoms with Gasteiger partial charge in [-0.1, -0.05) is 24.3 Å². The van der Waals surface area contributed by atoms with Gasteiger partial charge in [-0.3, -0.25) is 9.48 Å². The van der Waals surface area contributed by atoms with Crippen LogP contribution in [0.25, 0.3) is 10.4 Å². The Balaban J connectivity index is 1.83. The molecule has 1 aliphatic carbocycles. The maximum Gasteiger partial charge on any atom is 0.282 e. The van der Waals surface area contributed by atoms with Crippen LogP contribution < -0.4 is 4.31 Å². The predicted octanol–water partition coefficient (Wildman–Crippen LogP) is 3.47. The summed E-state index contributed by atoms with van der Waals surface area (Å²) in [6.45, 7) is 3.47. The van der Waals surface area contributed by atoms with Gasteiger partial charge in [-0.15, -0.1) is 11.3 Å². The summed E-state index contributed by atoms with van der Waals surface area (Å²) in [6, 6.07) is 10.0. The number of amides is 1. The standard InChI is InChI=1S/C20H21N3O3S2/c1-12-18(13(2)22(3)21-12)23(28(4,25)26)20(24)17-11-15-10-9-14-7-5-6-8-16(14)19(15)27-17/h5-8,11H,9-10H2,1-4H3. The van der Waals surface area contributed by atoms with Gasteiger partial charge in [0.1, 0.15) is 5.69 Å². The molecule has 6 nitrogen and oxygen atoms in total. The molecule has 8 heteroatoms. The lowest BCUT2D eigenvalue weighted by molar-refractivity contribution is 0.101. The number of rotatable bonds is 3. The molecule has 28 heavy (non-hydrogen) atoms. The first kappa shape index (κ1) is 18.9. The van der Waals surface area contributed by atoms with Crippen LogP contribution in [0.5, 0.6) is 0 Å². The molecule has 1 aromatic carbocycles. The van der Waals surface area contributed by atoms with Gasteiger partial charge in [-0.25, -0.2) is 8.42 Å². The normalized spacial score (nSPS) is 13.1. The van der Waals surface area contributed by atoms with E-state index in [1.54, 1.807) is 25.6 Å². The van der Waals surface area contributed by atoms with E-state index >= 15 is 0 Å². The molecular weight excluding hydrogens is 394 g/mol. The highest BCUT2D eigenvalue weighted by molar-refractivity contribution is 7.92. The highest BCUT2D eigenvalue weighted by Gasteiger charge is 2.33. The molecular formula is C20H21N3O3S2. The average molecular weight is 416 g/mol. The highest BCUT2D eigenvalue weighted by Crippen LogP contribution is 2.40. The van der Waals surface area contributed by atoms with E-state index in [0.29, 0.717) is 22.0 Å². The van der Waals surface area contributed by atoms with E-state index in [0.717, 1.165) is 39.4 Å². The van der Waals surface area contributed by atoms with Crippen LogP contribution in [0.3, 0.4) is 0 Å². The first-order valence-corrected chi connectivity index (χ1v) is 11.6. The van der Waals surface area contributed by atoms with Gasteiger partial charge in [-0.05, 0) is 49.4 Å². The Morgan fingerprint density at radius 3 is 2.50 bits per heavy atom. The average Bonchev–Trinajstić information content (AvgIpc) is 3.17.